The summed E-state index contributed by atoms with van der Waals surface area (Å²) in [6.45, 7) is 2.02. The van der Waals surface area contributed by atoms with Gasteiger partial charge in [0.25, 0.3) is 0 Å². The summed E-state index contributed by atoms with van der Waals surface area (Å²) in [4.78, 5) is 16.2. The molecular weight excluding hydrogens is 198 g/mol. The van der Waals surface area contributed by atoms with Gasteiger partial charge >= 0.3 is 0 Å². The lowest BCUT2D eigenvalue weighted by molar-refractivity contribution is -0.119. The number of ketones is 1. The molecule has 0 unspecified atom stereocenters. The summed E-state index contributed by atoms with van der Waals surface area (Å²) < 4.78 is 0. The number of carbonyl (C=O) groups is 1. The van der Waals surface area contributed by atoms with Crippen molar-refractivity contribution in [1.29, 1.82) is 0 Å². The van der Waals surface area contributed by atoms with E-state index in [4.69, 9.17) is 0 Å². The average Bonchev–Trinajstić information content (AvgIpc) is 2.74. The van der Waals surface area contributed by atoms with Gasteiger partial charge in [0.2, 0.25) is 0 Å². The number of aromatic nitrogens is 1. The van der Waals surface area contributed by atoms with Crippen LogP contribution >= 0.6 is 0 Å². The number of carbonyl (C=O) groups excluding carboxylic acids is 1. The Bertz CT molecular complexity index is 367. The average molecular weight is 217 g/mol. The Balaban J connectivity index is 1.89. The highest BCUT2D eigenvalue weighted by molar-refractivity contribution is 5.81. The minimum Gasteiger partial charge on any atom is -0.299 e. The second-order valence-corrected chi connectivity index (χ2v) is 4.84. The summed E-state index contributed by atoms with van der Waals surface area (Å²) in [5.41, 5.74) is 2.08. The predicted octanol–water partition coefficient (Wildman–Crippen LogP) is 3.08. The maximum Gasteiger partial charge on any atom is 0.139 e. The molecule has 1 aromatic rings. The molecule has 0 aliphatic heterocycles. The standard InChI is InChI=1S/C14H19NO/c1-11-5-4-8-15-14(11)10-13(16)9-12-6-2-3-7-12/h4-5,8,12H,2-3,6-7,9-10H2,1H3. The van der Waals surface area contributed by atoms with Crippen molar-refractivity contribution in [3.63, 3.8) is 0 Å². The van der Waals surface area contributed by atoms with Crippen LogP contribution in [0.3, 0.4) is 0 Å². The highest BCUT2D eigenvalue weighted by atomic mass is 16.1. The number of rotatable bonds is 4. The second-order valence-electron chi connectivity index (χ2n) is 4.84. The molecule has 0 N–H and O–H groups in total. The van der Waals surface area contributed by atoms with Crippen LogP contribution in [0.25, 0.3) is 0 Å². The molecule has 0 aromatic carbocycles. The maximum absolute atomic E-state index is 11.9. The van der Waals surface area contributed by atoms with Crippen LogP contribution in [0.15, 0.2) is 18.3 Å². The molecule has 0 spiro atoms. The Morgan fingerprint density at radius 2 is 2.19 bits per heavy atom. The number of hydrogen-bond acceptors (Lipinski definition) is 2. The van der Waals surface area contributed by atoms with Gasteiger partial charge in [-0.05, 0) is 24.5 Å². The number of Topliss-reactive ketones (excluding diaryl/α,β-unsaturated/α-hetero) is 1. The first-order chi connectivity index (χ1) is 7.75. The molecular formula is C14H19NO. The molecule has 1 aromatic heterocycles. The van der Waals surface area contributed by atoms with Crippen molar-refractivity contribution in [2.45, 2.75) is 45.4 Å². The second kappa shape index (κ2) is 5.24. The van der Waals surface area contributed by atoms with E-state index < -0.39 is 0 Å². The zero-order valence-electron chi connectivity index (χ0n) is 9.91. The summed E-state index contributed by atoms with van der Waals surface area (Å²) in [5.74, 6) is 1.00. The maximum atomic E-state index is 11.9. The van der Waals surface area contributed by atoms with Crippen LogP contribution in [0.5, 0.6) is 0 Å². The van der Waals surface area contributed by atoms with Crippen LogP contribution in [-0.4, -0.2) is 10.8 Å². The number of nitrogens with zero attached hydrogens (tertiary/aromatic N) is 1. The van der Waals surface area contributed by atoms with Crippen LogP contribution in [0.2, 0.25) is 0 Å². The van der Waals surface area contributed by atoms with E-state index in [0.29, 0.717) is 18.1 Å². The normalized spacial score (nSPS) is 16.6. The first kappa shape index (κ1) is 11.3. The highest BCUT2D eigenvalue weighted by Gasteiger charge is 2.18. The van der Waals surface area contributed by atoms with Gasteiger partial charge in [-0.2, -0.15) is 0 Å². The van der Waals surface area contributed by atoms with Crippen molar-refractivity contribution in [2.75, 3.05) is 0 Å². The smallest absolute Gasteiger partial charge is 0.139 e. The highest BCUT2D eigenvalue weighted by Crippen LogP contribution is 2.28. The van der Waals surface area contributed by atoms with E-state index in [0.717, 1.165) is 17.7 Å². The summed E-state index contributed by atoms with van der Waals surface area (Å²) in [7, 11) is 0. The molecule has 0 radical (unpaired) electrons. The molecule has 1 heterocycles. The molecule has 0 bridgehead atoms. The molecule has 1 saturated carbocycles. The molecule has 86 valence electrons. The monoisotopic (exact) mass is 217 g/mol. The van der Waals surface area contributed by atoms with Crippen LogP contribution in [0.1, 0.15) is 43.4 Å². The van der Waals surface area contributed by atoms with E-state index in [2.05, 4.69) is 4.98 Å². The number of aryl methyl sites for hydroxylation is 1. The summed E-state index contributed by atoms with van der Waals surface area (Å²) in [5, 5.41) is 0. The van der Waals surface area contributed by atoms with Gasteiger partial charge in [0.15, 0.2) is 0 Å². The van der Waals surface area contributed by atoms with Gasteiger partial charge in [0, 0.05) is 19.0 Å². The fraction of sp³-hybridized carbons (Fsp3) is 0.571. The van der Waals surface area contributed by atoms with E-state index in [1.165, 1.54) is 25.7 Å². The van der Waals surface area contributed by atoms with Crippen molar-refractivity contribution in [3.05, 3.63) is 29.6 Å². The van der Waals surface area contributed by atoms with Crippen molar-refractivity contribution in [3.8, 4) is 0 Å². The van der Waals surface area contributed by atoms with Crippen LogP contribution in [-0.2, 0) is 11.2 Å². The zero-order valence-corrected chi connectivity index (χ0v) is 9.91. The van der Waals surface area contributed by atoms with Gasteiger partial charge in [0.1, 0.15) is 5.78 Å². The number of hydrogen-bond donors (Lipinski definition) is 0. The minimum absolute atomic E-state index is 0.355. The Labute approximate surface area is 97.1 Å². The lowest BCUT2D eigenvalue weighted by Crippen LogP contribution is -2.10. The van der Waals surface area contributed by atoms with Crippen LogP contribution < -0.4 is 0 Å². The minimum atomic E-state index is 0.355. The molecule has 2 nitrogen and oxygen atoms in total. The molecule has 0 atom stereocenters. The van der Waals surface area contributed by atoms with Gasteiger partial charge in [-0.3, -0.25) is 9.78 Å². The predicted molar refractivity (Wildman–Crippen MR) is 64.3 cm³/mol. The van der Waals surface area contributed by atoms with E-state index in [1.54, 1.807) is 6.20 Å². The number of pyridine rings is 1. The quantitative estimate of drug-likeness (QED) is 0.775. The van der Waals surface area contributed by atoms with Crippen molar-refractivity contribution in [2.24, 2.45) is 5.92 Å². The Morgan fingerprint density at radius 3 is 2.88 bits per heavy atom. The lowest BCUT2D eigenvalue weighted by Gasteiger charge is -2.08. The molecule has 0 amide bonds. The van der Waals surface area contributed by atoms with Crippen LogP contribution in [0, 0.1) is 12.8 Å². The molecule has 2 rings (SSSR count). The van der Waals surface area contributed by atoms with Gasteiger partial charge < -0.3 is 0 Å². The topological polar surface area (TPSA) is 30.0 Å². The van der Waals surface area contributed by atoms with Gasteiger partial charge in [0.05, 0.1) is 5.69 Å². The van der Waals surface area contributed by atoms with Gasteiger partial charge in [-0.25, -0.2) is 0 Å². The van der Waals surface area contributed by atoms with E-state index >= 15 is 0 Å². The Kier molecular flexibility index (Phi) is 3.70. The molecule has 16 heavy (non-hydrogen) atoms. The Morgan fingerprint density at radius 1 is 1.44 bits per heavy atom. The Hall–Kier alpha value is -1.18. The summed E-state index contributed by atoms with van der Waals surface area (Å²) >= 11 is 0. The van der Waals surface area contributed by atoms with E-state index in [1.807, 2.05) is 19.1 Å². The molecule has 2 heteroatoms. The first-order valence-electron chi connectivity index (χ1n) is 6.18. The fourth-order valence-corrected chi connectivity index (χ4v) is 2.50. The third kappa shape index (κ3) is 2.91. The van der Waals surface area contributed by atoms with Crippen molar-refractivity contribution in [1.82, 2.24) is 4.98 Å². The van der Waals surface area contributed by atoms with Crippen molar-refractivity contribution < 1.29 is 4.79 Å². The fourth-order valence-electron chi connectivity index (χ4n) is 2.50. The van der Waals surface area contributed by atoms with Gasteiger partial charge in [-0.15, -0.1) is 0 Å². The third-order valence-corrected chi connectivity index (χ3v) is 3.47. The summed E-state index contributed by atoms with van der Waals surface area (Å²) in [6, 6.07) is 3.94. The zero-order chi connectivity index (χ0) is 11.4. The largest absolute Gasteiger partial charge is 0.299 e. The molecule has 1 fully saturated rings. The molecule has 0 saturated heterocycles. The third-order valence-electron chi connectivity index (χ3n) is 3.47. The van der Waals surface area contributed by atoms with Gasteiger partial charge in [-0.1, -0.05) is 31.7 Å². The lowest BCUT2D eigenvalue weighted by atomic mass is 9.98. The van der Waals surface area contributed by atoms with Crippen molar-refractivity contribution >= 4 is 5.78 Å². The summed E-state index contributed by atoms with van der Waals surface area (Å²) in [6.07, 6.45) is 8.14. The first-order valence-corrected chi connectivity index (χ1v) is 6.18. The van der Waals surface area contributed by atoms with Crippen LogP contribution in [0.4, 0.5) is 0 Å². The molecule has 1 aliphatic rings. The van der Waals surface area contributed by atoms with E-state index in [9.17, 15) is 4.79 Å². The van der Waals surface area contributed by atoms with E-state index in [-0.39, 0.29) is 0 Å². The SMILES string of the molecule is Cc1cccnc1CC(=O)CC1CCCC1. The molecule has 1 aliphatic carbocycles.